The van der Waals surface area contributed by atoms with Crippen molar-refractivity contribution in [1.82, 2.24) is 9.97 Å². The molecule has 0 aliphatic heterocycles. The first-order valence-corrected chi connectivity index (χ1v) is 3.24. The van der Waals surface area contributed by atoms with Gasteiger partial charge >= 0.3 is 0 Å². The number of anilines is 1. The van der Waals surface area contributed by atoms with Gasteiger partial charge in [0.15, 0.2) is 7.85 Å². The third-order valence-electron chi connectivity index (χ3n) is 0.955. The molecule has 0 unspecified atom stereocenters. The van der Waals surface area contributed by atoms with E-state index in [0.717, 1.165) is 5.59 Å². The molecule has 0 spiro atoms. The van der Waals surface area contributed by atoms with Crippen LogP contribution in [0.1, 0.15) is 0 Å². The van der Waals surface area contributed by atoms with Crippen LogP contribution < -0.4 is 11.3 Å². The highest BCUT2D eigenvalue weighted by Crippen LogP contribution is 2.00. The number of rotatable bonds is 0. The lowest BCUT2D eigenvalue weighted by Crippen LogP contribution is -2.15. The van der Waals surface area contributed by atoms with E-state index in [1.165, 1.54) is 0 Å². The zero-order valence-corrected chi connectivity index (χ0v) is 6.51. The van der Waals surface area contributed by atoms with Crippen molar-refractivity contribution < 1.29 is 0 Å². The van der Waals surface area contributed by atoms with Gasteiger partial charge in [0.1, 0.15) is 10.4 Å². The molecule has 1 rings (SSSR count). The fourth-order valence-electron chi connectivity index (χ4n) is 0.463. The number of nitrogens with two attached hydrogens (primary N) is 1. The molecule has 1 aromatic rings. The Bertz CT molecular complexity index is 227. The van der Waals surface area contributed by atoms with Crippen molar-refractivity contribution in [2.75, 3.05) is 5.73 Å². The minimum Gasteiger partial charge on any atom is -0.383 e. The smallest absolute Gasteiger partial charge is 0.168 e. The highest BCUT2D eigenvalue weighted by Gasteiger charge is 1.94. The van der Waals surface area contributed by atoms with Crippen molar-refractivity contribution in [3.05, 3.63) is 10.8 Å². The van der Waals surface area contributed by atoms with Gasteiger partial charge in [-0.3, -0.25) is 4.98 Å². The molecular weight excluding hydrogens is 181 g/mol. The molecule has 0 fully saturated rings. The van der Waals surface area contributed by atoms with E-state index in [9.17, 15) is 0 Å². The summed E-state index contributed by atoms with van der Waals surface area (Å²) in [6.07, 6.45) is 1.57. The Balaban J connectivity index is 3.17. The van der Waals surface area contributed by atoms with Gasteiger partial charge in [-0.25, -0.2) is 4.98 Å². The Morgan fingerprint density at radius 3 is 2.78 bits per heavy atom. The normalized spacial score (nSPS) is 9.44. The topological polar surface area (TPSA) is 51.8 Å². The van der Waals surface area contributed by atoms with Crippen molar-refractivity contribution in [1.29, 1.82) is 0 Å². The van der Waals surface area contributed by atoms with E-state index in [1.807, 2.05) is 7.85 Å². The molecule has 3 nitrogen and oxygen atoms in total. The monoisotopic (exact) mass is 185 g/mol. The summed E-state index contributed by atoms with van der Waals surface area (Å²) in [5.74, 6) is 0.484. The summed E-state index contributed by atoms with van der Waals surface area (Å²) in [4.78, 5) is 7.85. The van der Waals surface area contributed by atoms with E-state index in [0.29, 0.717) is 10.4 Å². The fourth-order valence-corrected chi connectivity index (χ4v) is 0.831. The number of halogens is 1. The molecule has 0 bridgehead atoms. The molecule has 1 heterocycles. The van der Waals surface area contributed by atoms with Gasteiger partial charge in [0.25, 0.3) is 0 Å². The number of nitrogens with zero attached hydrogens (tertiary/aromatic N) is 2. The molecule has 0 radical (unpaired) electrons. The zero-order chi connectivity index (χ0) is 6.85. The van der Waals surface area contributed by atoms with Gasteiger partial charge in [-0.2, -0.15) is 0 Å². The Kier molecular flexibility index (Phi) is 1.71. The van der Waals surface area contributed by atoms with E-state index in [4.69, 9.17) is 5.73 Å². The van der Waals surface area contributed by atoms with Crippen LogP contribution in [0.25, 0.3) is 0 Å². The van der Waals surface area contributed by atoms with E-state index < -0.39 is 0 Å². The van der Waals surface area contributed by atoms with E-state index in [1.54, 1.807) is 6.20 Å². The molecule has 9 heavy (non-hydrogen) atoms. The maximum absolute atomic E-state index is 5.39. The SMILES string of the molecule is Bc1nc(Br)cnc1N. The average Bonchev–Trinajstić information content (AvgIpc) is 1.80. The fraction of sp³-hybridized carbons (Fsp3) is 0. The summed E-state index contributed by atoms with van der Waals surface area (Å²) in [5, 5.41) is 0. The van der Waals surface area contributed by atoms with Gasteiger partial charge in [0.2, 0.25) is 0 Å². The largest absolute Gasteiger partial charge is 0.383 e. The standard InChI is InChI=1S/C4H5BBrN3/c5-3-4(7)8-1-2(6)9-3/h1H,5H2,(H2,7,8). The molecule has 5 heteroatoms. The second-order valence-corrected chi connectivity index (χ2v) is 2.48. The van der Waals surface area contributed by atoms with Crippen molar-refractivity contribution >= 4 is 35.2 Å². The lowest BCUT2D eigenvalue weighted by atomic mass is 10.1. The second-order valence-electron chi connectivity index (χ2n) is 1.66. The summed E-state index contributed by atoms with van der Waals surface area (Å²) >= 11 is 3.17. The quantitative estimate of drug-likeness (QED) is 0.533. The highest BCUT2D eigenvalue weighted by atomic mass is 79.9. The summed E-state index contributed by atoms with van der Waals surface area (Å²) < 4.78 is 0.717. The first-order valence-electron chi connectivity index (χ1n) is 2.45. The Morgan fingerprint density at radius 1 is 1.67 bits per heavy atom. The Morgan fingerprint density at radius 2 is 2.33 bits per heavy atom. The van der Waals surface area contributed by atoms with Crippen molar-refractivity contribution in [2.45, 2.75) is 0 Å². The van der Waals surface area contributed by atoms with Gasteiger partial charge in [-0.05, 0) is 15.9 Å². The molecule has 0 saturated heterocycles. The lowest BCUT2D eigenvalue weighted by molar-refractivity contribution is 1.21. The Labute approximate surface area is 62.2 Å². The molecule has 0 aliphatic rings. The molecule has 46 valence electrons. The molecule has 0 saturated carbocycles. The van der Waals surface area contributed by atoms with Crippen molar-refractivity contribution in [3.63, 3.8) is 0 Å². The second kappa shape index (κ2) is 2.35. The molecule has 0 atom stereocenters. The number of hydrogen-bond donors (Lipinski definition) is 1. The molecule has 2 N–H and O–H groups in total. The lowest BCUT2D eigenvalue weighted by Gasteiger charge is -1.95. The predicted molar refractivity (Wildman–Crippen MR) is 42.3 cm³/mol. The number of aromatic nitrogens is 2. The molecule has 0 aromatic carbocycles. The van der Waals surface area contributed by atoms with Crippen LogP contribution in [0.15, 0.2) is 10.8 Å². The van der Waals surface area contributed by atoms with Crippen LogP contribution in [-0.4, -0.2) is 17.8 Å². The van der Waals surface area contributed by atoms with Gasteiger partial charge in [-0.15, -0.1) is 0 Å². The number of nitrogen functional groups attached to an aromatic ring is 1. The van der Waals surface area contributed by atoms with Crippen LogP contribution in [-0.2, 0) is 0 Å². The summed E-state index contributed by atoms with van der Waals surface area (Å²) in [7, 11) is 1.81. The maximum Gasteiger partial charge on any atom is 0.168 e. The zero-order valence-electron chi connectivity index (χ0n) is 4.93. The maximum atomic E-state index is 5.39. The minimum atomic E-state index is 0.484. The van der Waals surface area contributed by atoms with Gasteiger partial charge in [0, 0.05) is 5.59 Å². The van der Waals surface area contributed by atoms with Gasteiger partial charge in [0.05, 0.1) is 6.20 Å². The predicted octanol–water partition coefficient (Wildman–Crippen LogP) is -0.920. The van der Waals surface area contributed by atoms with E-state index in [2.05, 4.69) is 25.9 Å². The van der Waals surface area contributed by atoms with Crippen LogP contribution in [0.4, 0.5) is 5.82 Å². The van der Waals surface area contributed by atoms with Crippen LogP contribution in [0.2, 0.25) is 0 Å². The van der Waals surface area contributed by atoms with Crippen LogP contribution in [0, 0.1) is 0 Å². The summed E-state index contributed by atoms with van der Waals surface area (Å²) in [5.41, 5.74) is 6.15. The number of hydrogen-bond acceptors (Lipinski definition) is 3. The Hall–Kier alpha value is -0.575. The van der Waals surface area contributed by atoms with E-state index in [-0.39, 0.29) is 0 Å². The summed E-state index contributed by atoms with van der Waals surface area (Å²) in [6, 6.07) is 0. The van der Waals surface area contributed by atoms with Gasteiger partial charge in [-0.1, -0.05) is 0 Å². The van der Waals surface area contributed by atoms with Crippen LogP contribution in [0.5, 0.6) is 0 Å². The molecule has 1 aromatic heterocycles. The van der Waals surface area contributed by atoms with Crippen molar-refractivity contribution in [2.24, 2.45) is 0 Å². The van der Waals surface area contributed by atoms with E-state index >= 15 is 0 Å². The summed E-state index contributed by atoms with van der Waals surface area (Å²) in [6.45, 7) is 0. The minimum absolute atomic E-state index is 0.484. The molecular formula is C4H5BBrN3. The third kappa shape index (κ3) is 1.42. The highest BCUT2D eigenvalue weighted by molar-refractivity contribution is 9.10. The first-order chi connectivity index (χ1) is 4.20. The van der Waals surface area contributed by atoms with Crippen LogP contribution >= 0.6 is 15.9 Å². The molecule has 0 amide bonds. The van der Waals surface area contributed by atoms with Crippen LogP contribution in [0.3, 0.4) is 0 Å². The first kappa shape index (κ1) is 6.54. The third-order valence-corrected chi connectivity index (χ3v) is 1.34. The van der Waals surface area contributed by atoms with Gasteiger partial charge < -0.3 is 5.73 Å². The van der Waals surface area contributed by atoms with Crippen molar-refractivity contribution in [3.8, 4) is 0 Å². The molecule has 0 aliphatic carbocycles. The average molecular weight is 186 g/mol.